The fourth-order valence-electron chi connectivity index (χ4n) is 5.07. The van der Waals surface area contributed by atoms with E-state index in [1.807, 2.05) is 6.92 Å². The lowest BCUT2D eigenvalue weighted by Gasteiger charge is -2.49. The molecule has 2 N–H and O–H groups in total. The Morgan fingerprint density at radius 1 is 1.39 bits per heavy atom. The van der Waals surface area contributed by atoms with Gasteiger partial charge >= 0.3 is 0 Å². The summed E-state index contributed by atoms with van der Waals surface area (Å²) in [5, 5.41) is 10.3. The number of carbonyl (C=O) groups is 1. The number of aryl methyl sites for hydroxylation is 1. The van der Waals surface area contributed by atoms with Gasteiger partial charge in [0.1, 0.15) is 5.69 Å². The van der Waals surface area contributed by atoms with Crippen LogP contribution in [0.15, 0.2) is 36.8 Å². The van der Waals surface area contributed by atoms with E-state index in [4.69, 9.17) is 0 Å². The number of aromatic nitrogens is 3. The number of nitrogens with zero attached hydrogens (tertiary/aromatic N) is 5. The summed E-state index contributed by atoms with van der Waals surface area (Å²) in [5.74, 6) is 1.91. The number of fused-ring (bicyclic) bond motifs is 1. The highest BCUT2D eigenvalue weighted by molar-refractivity contribution is 6.02. The zero-order valence-corrected chi connectivity index (χ0v) is 20.3. The van der Waals surface area contributed by atoms with Crippen molar-refractivity contribution in [2.75, 3.05) is 32.0 Å². The van der Waals surface area contributed by atoms with Crippen molar-refractivity contribution >= 4 is 11.7 Å². The smallest absolute Gasteiger partial charge is 0.275 e. The van der Waals surface area contributed by atoms with Crippen LogP contribution in [0.5, 0.6) is 0 Å². The van der Waals surface area contributed by atoms with Crippen LogP contribution in [0.3, 0.4) is 0 Å². The Bertz CT molecular complexity index is 972. The van der Waals surface area contributed by atoms with Crippen LogP contribution in [0.25, 0.3) is 0 Å². The van der Waals surface area contributed by atoms with Gasteiger partial charge in [-0.2, -0.15) is 5.10 Å². The van der Waals surface area contributed by atoms with E-state index in [9.17, 15) is 4.79 Å². The number of nitrogens with one attached hydrogen (secondary N) is 2. The molecule has 0 aromatic carbocycles. The number of piperazine rings is 1. The van der Waals surface area contributed by atoms with Crippen LogP contribution in [0.1, 0.15) is 54.9 Å². The third-order valence-electron chi connectivity index (χ3n) is 7.40. The summed E-state index contributed by atoms with van der Waals surface area (Å²) in [7, 11) is 2.08. The fourth-order valence-corrected chi connectivity index (χ4v) is 5.07. The molecule has 4 rings (SSSR count). The van der Waals surface area contributed by atoms with E-state index in [2.05, 4.69) is 62.7 Å². The monoisotopic (exact) mass is 451 g/mol. The molecule has 0 spiro atoms. The number of carbonyl (C=O) groups excluding carboxylic acids is 1. The van der Waals surface area contributed by atoms with Crippen LogP contribution in [-0.4, -0.2) is 74.6 Å². The molecule has 8 nitrogen and oxygen atoms in total. The lowest BCUT2D eigenvalue weighted by molar-refractivity contribution is 0.0283. The Balaban J connectivity index is 1.48. The third-order valence-corrected chi connectivity index (χ3v) is 7.40. The first-order valence-electron chi connectivity index (χ1n) is 12.1. The number of anilines is 1. The average molecular weight is 452 g/mol. The third kappa shape index (κ3) is 4.90. The molecule has 4 heterocycles. The Morgan fingerprint density at radius 2 is 2.21 bits per heavy atom. The lowest BCUT2D eigenvalue weighted by atomic mass is 9.93. The molecule has 0 bridgehead atoms. The number of pyridine rings is 1. The summed E-state index contributed by atoms with van der Waals surface area (Å²) in [5.41, 5.74) is 2.26. The van der Waals surface area contributed by atoms with Gasteiger partial charge in [-0.05, 0) is 44.4 Å². The van der Waals surface area contributed by atoms with Crippen LogP contribution in [-0.2, 0) is 6.54 Å². The van der Waals surface area contributed by atoms with Crippen molar-refractivity contribution in [3.8, 4) is 0 Å². The molecule has 2 fully saturated rings. The van der Waals surface area contributed by atoms with Crippen LogP contribution in [0, 0.1) is 12.8 Å². The SMILES string of the molecule is C=C(N(C)Cc1c(NC(=O)c2ccccn2)n[nH]c1C)N1C[C@H]2CCCN2CC1[C@@H](C)CC. The van der Waals surface area contributed by atoms with E-state index in [1.54, 1.807) is 24.4 Å². The van der Waals surface area contributed by atoms with E-state index < -0.39 is 0 Å². The minimum Gasteiger partial charge on any atom is -0.357 e. The highest BCUT2D eigenvalue weighted by Gasteiger charge is 2.39. The first-order chi connectivity index (χ1) is 15.9. The van der Waals surface area contributed by atoms with Crippen LogP contribution in [0.4, 0.5) is 5.82 Å². The van der Waals surface area contributed by atoms with Gasteiger partial charge in [0, 0.05) is 56.2 Å². The van der Waals surface area contributed by atoms with E-state index in [0.29, 0.717) is 36.1 Å². The van der Waals surface area contributed by atoms with Gasteiger partial charge in [-0.1, -0.05) is 32.9 Å². The predicted octanol–water partition coefficient (Wildman–Crippen LogP) is 3.46. The number of H-pyrrole nitrogens is 1. The molecule has 2 aromatic heterocycles. The first kappa shape index (κ1) is 23.3. The molecule has 0 radical (unpaired) electrons. The number of hydrogen-bond donors (Lipinski definition) is 2. The maximum absolute atomic E-state index is 12.6. The predicted molar refractivity (Wildman–Crippen MR) is 131 cm³/mol. The maximum atomic E-state index is 12.6. The Morgan fingerprint density at radius 3 is 2.94 bits per heavy atom. The van der Waals surface area contributed by atoms with Crippen LogP contribution >= 0.6 is 0 Å². The largest absolute Gasteiger partial charge is 0.357 e. The zero-order chi connectivity index (χ0) is 23.5. The maximum Gasteiger partial charge on any atom is 0.275 e. The standard InChI is InChI=1S/C25H37N7O/c1-6-17(2)23-16-31-13-9-10-20(31)14-32(23)19(4)30(5)15-21-18(3)28-29-24(21)27-25(33)22-11-7-8-12-26-22/h7-8,11-12,17,20,23H,4,6,9-10,13-16H2,1-3,5H3,(H2,27,28,29,33)/t17-,20+,23?/m0/s1. The Hall–Kier alpha value is -2.87. The van der Waals surface area contributed by atoms with Gasteiger partial charge in [0.2, 0.25) is 0 Å². The molecule has 33 heavy (non-hydrogen) atoms. The van der Waals surface area contributed by atoms with Crippen molar-refractivity contribution in [3.05, 3.63) is 53.7 Å². The van der Waals surface area contributed by atoms with Gasteiger partial charge in [-0.15, -0.1) is 0 Å². The molecule has 0 saturated carbocycles. The summed E-state index contributed by atoms with van der Waals surface area (Å²) >= 11 is 0. The van der Waals surface area contributed by atoms with Gasteiger partial charge in [-0.3, -0.25) is 19.8 Å². The van der Waals surface area contributed by atoms with Crippen molar-refractivity contribution in [1.82, 2.24) is 29.9 Å². The van der Waals surface area contributed by atoms with Crippen LogP contribution < -0.4 is 5.32 Å². The average Bonchev–Trinajstić information content (AvgIpc) is 3.44. The second-order valence-electron chi connectivity index (χ2n) is 9.51. The number of hydrogen-bond acceptors (Lipinski definition) is 6. The molecule has 1 unspecified atom stereocenters. The molecule has 178 valence electrons. The topological polar surface area (TPSA) is 80.4 Å². The molecule has 2 saturated heterocycles. The van der Waals surface area contributed by atoms with Crippen molar-refractivity contribution in [1.29, 1.82) is 0 Å². The molecule has 2 aliphatic rings. The Kier molecular flexibility index (Phi) is 7.02. The molecule has 2 aromatic rings. The molecule has 3 atom stereocenters. The fraction of sp³-hybridized carbons (Fsp3) is 0.560. The molecule has 2 aliphatic heterocycles. The zero-order valence-electron chi connectivity index (χ0n) is 20.3. The van der Waals surface area contributed by atoms with Crippen LogP contribution in [0.2, 0.25) is 0 Å². The van der Waals surface area contributed by atoms with E-state index in [-0.39, 0.29) is 5.91 Å². The van der Waals surface area contributed by atoms with Gasteiger partial charge in [-0.25, -0.2) is 0 Å². The summed E-state index contributed by atoms with van der Waals surface area (Å²) in [6.45, 7) is 15.1. The molecule has 8 heteroatoms. The van der Waals surface area contributed by atoms with Gasteiger partial charge < -0.3 is 15.1 Å². The van der Waals surface area contributed by atoms with Crippen molar-refractivity contribution in [2.45, 2.75) is 58.7 Å². The summed E-state index contributed by atoms with van der Waals surface area (Å²) in [6, 6.07) is 6.38. The van der Waals surface area contributed by atoms with Crippen molar-refractivity contribution < 1.29 is 4.79 Å². The number of rotatable bonds is 8. The quantitative estimate of drug-likeness (QED) is 0.640. The first-order valence-corrected chi connectivity index (χ1v) is 12.1. The molecule has 1 amide bonds. The summed E-state index contributed by atoms with van der Waals surface area (Å²) in [4.78, 5) is 24.2. The lowest BCUT2D eigenvalue weighted by Crippen LogP contribution is -2.58. The van der Waals surface area contributed by atoms with Gasteiger partial charge in [0.05, 0.1) is 5.82 Å². The second kappa shape index (κ2) is 9.95. The second-order valence-corrected chi connectivity index (χ2v) is 9.51. The Labute approximate surface area is 197 Å². The number of aromatic amines is 1. The minimum absolute atomic E-state index is 0.265. The van der Waals surface area contributed by atoms with Gasteiger partial charge in [0.25, 0.3) is 5.91 Å². The normalized spacial score (nSPS) is 21.5. The highest BCUT2D eigenvalue weighted by atomic mass is 16.2. The van der Waals surface area contributed by atoms with Crippen molar-refractivity contribution in [2.24, 2.45) is 5.92 Å². The minimum atomic E-state index is -0.265. The van der Waals surface area contributed by atoms with Crippen molar-refractivity contribution in [3.63, 3.8) is 0 Å². The van der Waals surface area contributed by atoms with E-state index >= 15 is 0 Å². The molecular formula is C25H37N7O. The highest BCUT2D eigenvalue weighted by Crippen LogP contribution is 2.32. The summed E-state index contributed by atoms with van der Waals surface area (Å²) < 4.78 is 0. The van der Waals surface area contributed by atoms with E-state index in [1.165, 1.54) is 19.4 Å². The molecule has 0 aliphatic carbocycles. The van der Waals surface area contributed by atoms with E-state index in [0.717, 1.165) is 36.6 Å². The van der Waals surface area contributed by atoms with Gasteiger partial charge in [0.15, 0.2) is 5.82 Å². The number of amides is 1. The molecular weight excluding hydrogens is 414 g/mol. The summed E-state index contributed by atoms with van der Waals surface area (Å²) in [6.07, 6.45) is 5.33.